The van der Waals surface area contributed by atoms with E-state index in [1.54, 1.807) is 7.05 Å². The molecule has 1 saturated heterocycles. The lowest BCUT2D eigenvalue weighted by Crippen LogP contribution is -2.48. The average Bonchev–Trinajstić information content (AvgIpc) is 2.40. The summed E-state index contributed by atoms with van der Waals surface area (Å²) in [7, 11) is 4.94. The van der Waals surface area contributed by atoms with E-state index in [1.165, 1.54) is 12.2 Å². The normalized spacial score (nSPS) is 26.5. The summed E-state index contributed by atoms with van der Waals surface area (Å²) in [5.74, 6) is -0.0828. The standard InChI is InChI=1S/C9H18N2O3/c1-9(2)10(3)7(6-14-9)8(12)11(4)13-5/h7H,6H2,1-5H3. The second kappa shape index (κ2) is 3.84. The highest BCUT2D eigenvalue weighted by Gasteiger charge is 2.42. The molecule has 0 aromatic carbocycles. The maximum atomic E-state index is 11.8. The van der Waals surface area contributed by atoms with E-state index < -0.39 is 0 Å². The van der Waals surface area contributed by atoms with E-state index in [0.717, 1.165) is 0 Å². The van der Waals surface area contributed by atoms with Gasteiger partial charge in [0.25, 0.3) is 5.91 Å². The molecule has 1 rings (SSSR count). The smallest absolute Gasteiger partial charge is 0.265 e. The maximum Gasteiger partial charge on any atom is 0.265 e. The number of hydrogen-bond donors (Lipinski definition) is 0. The zero-order valence-electron chi connectivity index (χ0n) is 9.40. The molecule has 1 amide bonds. The molecule has 0 bridgehead atoms. The van der Waals surface area contributed by atoms with Gasteiger partial charge in [0.1, 0.15) is 11.8 Å². The Hall–Kier alpha value is -0.650. The highest BCUT2D eigenvalue weighted by Crippen LogP contribution is 2.25. The second-order valence-electron chi connectivity index (χ2n) is 3.90. The van der Waals surface area contributed by atoms with Crippen LogP contribution < -0.4 is 0 Å². The van der Waals surface area contributed by atoms with Crippen LogP contribution in [0.25, 0.3) is 0 Å². The number of amides is 1. The molecule has 14 heavy (non-hydrogen) atoms. The van der Waals surface area contributed by atoms with Crippen LogP contribution in [0.4, 0.5) is 0 Å². The first-order valence-electron chi connectivity index (χ1n) is 4.58. The third kappa shape index (κ3) is 1.89. The lowest BCUT2D eigenvalue weighted by molar-refractivity contribution is -0.173. The van der Waals surface area contributed by atoms with Crippen LogP contribution in [0.2, 0.25) is 0 Å². The highest BCUT2D eigenvalue weighted by molar-refractivity contribution is 5.81. The van der Waals surface area contributed by atoms with Crippen molar-refractivity contribution in [3.8, 4) is 0 Å². The van der Waals surface area contributed by atoms with Crippen molar-refractivity contribution in [2.75, 3.05) is 27.8 Å². The SMILES string of the molecule is CON(C)C(=O)C1COC(C)(C)N1C. The Labute approximate surface area is 84.5 Å². The molecule has 0 N–H and O–H groups in total. The Bertz CT molecular complexity index is 230. The molecule has 5 nitrogen and oxygen atoms in total. The molecule has 0 aliphatic carbocycles. The number of hydrogen-bond acceptors (Lipinski definition) is 4. The van der Waals surface area contributed by atoms with Crippen molar-refractivity contribution in [2.45, 2.75) is 25.6 Å². The van der Waals surface area contributed by atoms with Crippen LogP contribution in [0.3, 0.4) is 0 Å². The van der Waals surface area contributed by atoms with Crippen LogP contribution >= 0.6 is 0 Å². The van der Waals surface area contributed by atoms with Gasteiger partial charge in [-0.1, -0.05) is 0 Å². The molecular weight excluding hydrogens is 184 g/mol. The van der Waals surface area contributed by atoms with Crippen LogP contribution in [0.5, 0.6) is 0 Å². The van der Waals surface area contributed by atoms with E-state index in [0.29, 0.717) is 6.61 Å². The fraction of sp³-hybridized carbons (Fsp3) is 0.889. The minimum Gasteiger partial charge on any atom is -0.359 e. The monoisotopic (exact) mass is 202 g/mol. The molecule has 1 fully saturated rings. The van der Waals surface area contributed by atoms with E-state index in [1.807, 2.05) is 25.8 Å². The van der Waals surface area contributed by atoms with Crippen LogP contribution in [0, 0.1) is 0 Å². The number of likely N-dealkylation sites (N-methyl/N-ethyl adjacent to an activating group) is 2. The van der Waals surface area contributed by atoms with Gasteiger partial charge in [-0.05, 0) is 20.9 Å². The van der Waals surface area contributed by atoms with Crippen molar-refractivity contribution in [1.29, 1.82) is 0 Å². The fourth-order valence-corrected chi connectivity index (χ4v) is 1.41. The molecule has 1 heterocycles. The van der Waals surface area contributed by atoms with Gasteiger partial charge in [0.2, 0.25) is 0 Å². The number of rotatable bonds is 2. The second-order valence-corrected chi connectivity index (χ2v) is 3.90. The topological polar surface area (TPSA) is 42.0 Å². The minimum absolute atomic E-state index is 0.0828. The summed E-state index contributed by atoms with van der Waals surface area (Å²) >= 11 is 0. The first-order valence-corrected chi connectivity index (χ1v) is 4.58. The molecule has 0 spiro atoms. The van der Waals surface area contributed by atoms with Crippen molar-refractivity contribution in [1.82, 2.24) is 9.96 Å². The van der Waals surface area contributed by atoms with Gasteiger partial charge in [-0.25, -0.2) is 5.06 Å². The molecule has 1 aliphatic rings. The summed E-state index contributed by atoms with van der Waals surface area (Å²) in [5, 5.41) is 1.23. The van der Waals surface area contributed by atoms with E-state index in [-0.39, 0.29) is 17.7 Å². The van der Waals surface area contributed by atoms with E-state index >= 15 is 0 Å². The molecule has 5 heteroatoms. The third-order valence-corrected chi connectivity index (χ3v) is 2.78. The number of hydroxylamine groups is 2. The Morgan fingerprint density at radius 2 is 2.21 bits per heavy atom. The van der Waals surface area contributed by atoms with Gasteiger partial charge in [-0.15, -0.1) is 0 Å². The summed E-state index contributed by atoms with van der Waals surface area (Å²) in [6, 6.07) is -0.255. The molecular formula is C9H18N2O3. The van der Waals surface area contributed by atoms with Crippen LogP contribution in [0.1, 0.15) is 13.8 Å². The summed E-state index contributed by atoms with van der Waals surface area (Å²) in [6.07, 6.45) is 0. The molecule has 0 radical (unpaired) electrons. The van der Waals surface area contributed by atoms with E-state index in [2.05, 4.69) is 0 Å². The van der Waals surface area contributed by atoms with Gasteiger partial charge < -0.3 is 4.74 Å². The molecule has 0 aromatic heterocycles. The molecule has 0 saturated carbocycles. The summed E-state index contributed by atoms with van der Waals surface area (Å²) in [6.45, 7) is 4.29. The predicted octanol–water partition coefficient (Wildman–Crippen LogP) is 0.0729. The molecule has 1 unspecified atom stereocenters. The fourth-order valence-electron chi connectivity index (χ4n) is 1.41. The maximum absolute atomic E-state index is 11.8. The Morgan fingerprint density at radius 3 is 2.57 bits per heavy atom. The van der Waals surface area contributed by atoms with Crippen molar-refractivity contribution >= 4 is 5.91 Å². The van der Waals surface area contributed by atoms with Gasteiger partial charge in [0.05, 0.1) is 13.7 Å². The zero-order valence-corrected chi connectivity index (χ0v) is 9.40. The number of carbonyl (C=O) groups excluding carboxylic acids is 1. The van der Waals surface area contributed by atoms with E-state index in [4.69, 9.17) is 9.57 Å². The number of carbonyl (C=O) groups is 1. The lowest BCUT2D eigenvalue weighted by Gasteiger charge is -2.29. The van der Waals surface area contributed by atoms with Gasteiger partial charge in [0, 0.05) is 7.05 Å². The van der Waals surface area contributed by atoms with Gasteiger partial charge in [-0.3, -0.25) is 14.5 Å². The van der Waals surface area contributed by atoms with Crippen LogP contribution in [0.15, 0.2) is 0 Å². The number of nitrogens with zero attached hydrogens (tertiary/aromatic N) is 2. The van der Waals surface area contributed by atoms with Crippen molar-refractivity contribution in [3.63, 3.8) is 0 Å². The number of ether oxygens (including phenoxy) is 1. The van der Waals surface area contributed by atoms with Crippen LogP contribution in [-0.4, -0.2) is 55.4 Å². The molecule has 1 atom stereocenters. The summed E-state index contributed by atoms with van der Waals surface area (Å²) in [5.41, 5.74) is -0.380. The lowest BCUT2D eigenvalue weighted by atomic mass is 10.2. The van der Waals surface area contributed by atoms with Gasteiger partial charge in [-0.2, -0.15) is 0 Å². The summed E-state index contributed by atoms with van der Waals surface area (Å²) < 4.78 is 5.50. The largest absolute Gasteiger partial charge is 0.359 e. The highest BCUT2D eigenvalue weighted by atomic mass is 16.7. The quantitative estimate of drug-likeness (QED) is 0.594. The molecule has 0 aromatic rings. The zero-order chi connectivity index (χ0) is 10.9. The van der Waals surface area contributed by atoms with Crippen molar-refractivity contribution in [2.24, 2.45) is 0 Å². The predicted molar refractivity (Wildman–Crippen MR) is 51.4 cm³/mol. The molecule has 1 aliphatic heterocycles. The Morgan fingerprint density at radius 1 is 1.64 bits per heavy atom. The minimum atomic E-state index is -0.380. The first kappa shape index (κ1) is 11.4. The first-order chi connectivity index (χ1) is 6.40. The summed E-state index contributed by atoms with van der Waals surface area (Å²) in [4.78, 5) is 18.5. The van der Waals surface area contributed by atoms with Crippen LogP contribution in [-0.2, 0) is 14.4 Å². The Balaban J connectivity index is 2.68. The van der Waals surface area contributed by atoms with Gasteiger partial charge >= 0.3 is 0 Å². The van der Waals surface area contributed by atoms with Crippen molar-refractivity contribution < 1.29 is 14.4 Å². The van der Waals surface area contributed by atoms with Gasteiger partial charge in [0.15, 0.2) is 0 Å². The Kier molecular flexibility index (Phi) is 3.14. The third-order valence-electron chi connectivity index (χ3n) is 2.78. The average molecular weight is 202 g/mol. The van der Waals surface area contributed by atoms with E-state index in [9.17, 15) is 4.79 Å². The van der Waals surface area contributed by atoms with Crippen molar-refractivity contribution in [3.05, 3.63) is 0 Å². The molecule has 82 valence electrons.